The number of carbonyl (C=O) groups is 1. The quantitative estimate of drug-likeness (QED) is 0.922. The highest BCUT2D eigenvalue weighted by molar-refractivity contribution is 9.10. The van der Waals surface area contributed by atoms with Gasteiger partial charge in [0.25, 0.3) is 5.56 Å². The number of hydrogen-bond donors (Lipinski definition) is 1. The molecule has 2 rings (SSSR count). The molecule has 0 aliphatic carbocycles. The zero-order valence-corrected chi connectivity index (χ0v) is 12.7. The van der Waals surface area contributed by atoms with Gasteiger partial charge in [-0.15, -0.1) is 0 Å². The van der Waals surface area contributed by atoms with Crippen LogP contribution in [0.1, 0.15) is 28.7 Å². The molecule has 0 atom stereocenters. The van der Waals surface area contributed by atoms with Crippen molar-refractivity contribution < 1.29 is 9.90 Å². The van der Waals surface area contributed by atoms with Gasteiger partial charge in [0, 0.05) is 18.8 Å². The second-order valence-electron chi connectivity index (χ2n) is 4.35. The third-order valence-electron chi connectivity index (χ3n) is 3.00. The van der Waals surface area contributed by atoms with Crippen molar-refractivity contribution in [3.8, 4) is 0 Å². The van der Waals surface area contributed by atoms with E-state index in [1.807, 2.05) is 13.8 Å². The number of nitrogens with zero attached hydrogens (tertiary/aromatic N) is 3. The summed E-state index contributed by atoms with van der Waals surface area (Å²) in [7, 11) is 0. The van der Waals surface area contributed by atoms with E-state index in [2.05, 4.69) is 21.0 Å². The molecule has 1 N–H and O–H groups in total. The van der Waals surface area contributed by atoms with Crippen molar-refractivity contribution in [3.05, 3.63) is 50.1 Å². The van der Waals surface area contributed by atoms with Crippen molar-refractivity contribution in [1.29, 1.82) is 0 Å². The average molecular weight is 340 g/mol. The van der Waals surface area contributed by atoms with Crippen LogP contribution in [0.2, 0.25) is 0 Å². The van der Waals surface area contributed by atoms with E-state index < -0.39 is 5.97 Å². The van der Waals surface area contributed by atoms with E-state index in [1.165, 1.54) is 22.9 Å². The van der Waals surface area contributed by atoms with Crippen LogP contribution >= 0.6 is 15.9 Å². The lowest BCUT2D eigenvalue weighted by Gasteiger charge is -2.09. The van der Waals surface area contributed by atoms with Gasteiger partial charge in [-0.3, -0.25) is 9.48 Å². The molecule has 6 nitrogen and oxygen atoms in total. The maximum Gasteiger partial charge on any atom is 0.337 e. The van der Waals surface area contributed by atoms with Gasteiger partial charge in [-0.1, -0.05) is 0 Å². The Balaban J connectivity index is 2.47. The van der Waals surface area contributed by atoms with Crippen LogP contribution in [-0.2, 0) is 13.1 Å². The smallest absolute Gasteiger partial charge is 0.337 e. The van der Waals surface area contributed by atoms with E-state index in [9.17, 15) is 9.59 Å². The van der Waals surface area contributed by atoms with Crippen LogP contribution in [0.4, 0.5) is 0 Å². The summed E-state index contributed by atoms with van der Waals surface area (Å²) in [5.74, 6) is -1.06. The largest absolute Gasteiger partial charge is 0.478 e. The van der Waals surface area contributed by atoms with Crippen molar-refractivity contribution in [2.45, 2.75) is 26.9 Å². The molecule has 0 amide bonds. The maximum atomic E-state index is 11.8. The SMILES string of the molecule is CCn1nc(C)c(Br)c1Cn1cc(C(=O)O)ccc1=O. The summed E-state index contributed by atoms with van der Waals surface area (Å²) in [4.78, 5) is 22.8. The summed E-state index contributed by atoms with van der Waals surface area (Å²) in [5, 5.41) is 13.3. The second kappa shape index (κ2) is 5.62. The lowest BCUT2D eigenvalue weighted by molar-refractivity contribution is 0.0696. The number of aromatic nitrogens is 3. The van der Waals surface area contributed by atoms with Gasteiger partial charge in [-0.25, -0.2) is 4.79 Å². The number of carboxylic acids is 1. The fraction of sp³-hybridized carbons (Fsp3) is 0.308. The highest BCUT2D eigenvalue weighted by atomic mass is 79.9. The molecule has 0 saturated carbocycles. The molecule has 0 aliphatic rings. The number of aromatic carboxylic acids is 1. The molecule has 2 aromatic rings. The zero-order chi connectivity index (χ0) is 14.9. The molecule has 2 heterocycles. The summed E-state index contributed by atoms with van der Waals surface area (Å²) in [6, 6.07) is 2.56. The maximum absolute atomic E-state index is 11.8. The molecule has 106 valence electrons. The fourth-order valence-corrected chi connectivity index (χ4v) is 2.37. The molecular weight excluding hydrogens is 326 g/mol. The van der Waals surface area contributed by atoms with E-state index in [0.29, 0.717) is 6.54 Å². The Kier molecular flexibility index (Phi) is 4.08. The van der Waals surface area contributed by atoms with Crippen LogP contribution < -0.4 is 5.56 Å². The zero-order valence-electron chi connectivity index (χ0n) is 11.1. The molecule has 0 bridgehead atoms. The molecule has 0 radical (unpaired) electrons. The van der Waals surface area contributed by atoms with Crippen molar-refractivity contribution in [2.75, 3.05) is 0 Å². The second-order valence-corrected chi connectivity index (χ2v) is 5.14. The van der Waals surface area contributed by atoms with Crippen molar-refractivity contribution in [3.63, 3.8) is 0 Å². The molecule has 7 heteroatoms. The van der Waals surface area contributed by atoms with E-state index in [4.69, 9.17) is 5.11 Å². The van der Waals surface area contributed by atoms with Crippen LogP contribution in [0, 0.1) is 6.92 Å². The van der Waals surface area contributed by atoms with Crippen molar-refractivity contribution in [1.82, 2.24) is 14.3 Å². The predicted octanol–water partition coefficient (Wildman–Crippen LogP) is 1.88. The number of carboxylic acid groups (broad SMARTS) is 1. The van der Waals surface area contributed by atoms with Gasteiger partial charge in [0.05, 0.1) is 28.0 Å². The molecule has 0 unspecified atom stereocenters. The van der Waals surface area contributed by atoms with Gasteiger partial charge in [-0.05, 0) is 35.8 Å². The van der Waals surface area contributed by atoms with E-state index >= 15 is 0 Å². The monoisotopic (exact) mass is 339 g/mol. The standard InChI is InChI=1S/C13H14BrN3O3/c1-3-17-10(12(14)8(2)15-17)7-16-6-9(13(19)20)4-5-11(16)18/h4-6H,3,7H2,1-2H3,(H,19,20). The topological polar surface area (TPSA) is 77.1 Å². The Morgan fingerprint density at radius 3 is 2.75 bits per heavy atom. The summed E-state index contributed by atoms with van der Waals surface area (Å²) in [6.45, 7) is 4.78. The normalized spacial score (nSPS) is 10.8. The van der Waals surface area contributed by atoms with Crippen LogP contribution in [0.3, 0.4) is 0 Å². The molecule has 0 spiro atoms. The molecular formula is C13H14BrN3O3. The molecule has 0 saturated heterocycles. The number of hydrogen-bond acceptors (Lipinski definition) is 3. The van der Waals surface area contributed by atoms with Crippen LogP contribution in [0.15, 0.2) is 27.6 Å². The third-order valence-corrected chi connectivity index (χ3v) is 4.03. The summed E-state index contributed by atoms with van der Waals surface area (Å²) < 4.78 is 4.00. The summed E-state index contributed by atoms with van der Waals surface area (Å²) in [5.41, 5.74) is 1.52. The lowest BCUT2D eigenvalue weighted by atomic mass is 10.2. The molecule has 0 fully saturated rings. The van der Waals surface area contributed by atoms with Gasteiger partial charge in [-0.2, -0.15) is 5.10 Å². The number of aryl methyl sites for hydroxylation is 2. The highest BCUT2D eigenvalue weighted by Gasteiger charge is 2.14. The van der Waals surface area contributed by atoms with Crippen molar-refractivity contribution >= 4 is 21.9 Å². The first-order valence-corrected chi connectivity index (χ1v) is 6.89. The van der Waals surface area contributed by atoms with Crippen molar-refractivity contribution in [2.24, 2.45) is 0 Å². The average Bonchev–Trinajstić information content (AvgIpc) is 2.68. The molecule has 0 aromatic carbocycles. The first-order chi connectivity index (χ1) is 9.43. The van der Waals surface area contributed by atoms with Gasteiger partial charge in [0.15, 0.2) is 0 Å². The number of pyridine rings is 1. The first-order valence-electron chi connectivity index (χ1n) is 6.09. The Morgan fingerprint density at radius 1 is 1.45 bits per heavy atom. The van der Waals surface area contributed by atoms with E-state index in [0.717, 1.165) is 15.9 Å². The van der Waals surface area contributed by atoms with Gasteiger partial charge < -0.3 is 9.67 Å². The molecule has 0 aliphatic heterocycles. The lowest BCUT2D eigenvalue weighted by Crippen LogP contribution is -2.22. The number of rotatable bonds is 4. The van der Waals surface area contributed by atoms with E-state index in [1.54, 1.807) is 4.68 Å². The molecule has 2 aromatic heterocycles. The predicted molar refractivity (Wildman–Crippen MR) is 77.1 cm³/mol. The first kappa shape index (κ1) is 14.5. The van der Waals surface area contributed by atoms with Gasteiger partial charge >= 0.3 is 5.97 Å². The highest BCUT2D eigenvalue weighted by Crippen LogP contribution is 2.21. The molecule has 20 heavy (non-hydrogen) atoms. The summed E-state index contributed by atoms with van der Waals surface area (Å²) >= 11 is 3.46. The Hall–Kier alpha value is -1.89. The summed E-state index contributed by atoms with van der Waals surface area (Å²) in [6.07, 6.45) is 1.35. The van der Waals surface area contributed by atoms with Crippen LogP contribution in [-0.4, -0.2) is 25.4 Å². The van der Waals surface area contributed by atoms with Crippen LogP contribution in [0.5, 0.6) is 0 Å². The third kappa shape index (κ3) is 2.67. The Bertz CT molecular complexity index is 718. The fourth-order valence-electron chi connectivity index (χ4n) is 1.96. The Labute approximate surface area is 123 Å². The van der Waals surface area contributed by atoms with E-state index in [-0.39, 0.29) is 17.7 Å². The minimum absolute atomic E-state index is 0.0833. The van der Waals surface area contributed by atoms with Gasteiger partial charge in [0.2, 0.25) is 0 Å². The van der Waals surface area contributed by atoms with Crippen LogP contribution in [0.25, 0.3) is 0 Å². The minimum atomic E-state index is -1.06. The van der Waals surface area contributed by atoms with Gasteiger partial charge in [0.1, 0.15) is 0 Å². The minimum Gasteiger partial charge on any atom is -0.478 e. The number of halogens is 1. The Morgan fingerprint density at radius 2 is 2.15 bits per heavy atom.